The fourth-order valence-electron chi connectivity index (χ4n) is 5.87. The Morgan fingerprint density at radius 3 is 2.28 bits per heavy atom. The summed E-state index contributed by atoms with van der Waals surface area (Å²) < 4.78 is 0. The van der Waals surface area contributed by atoms with Gasteiger partial charge >= 0.3 is 5.97 Å². The van der Waals surface area contributed by atoms with Gasteiger partial charge in [0.25, 0.3) is 0 Å². The minimum Gasteiger partial charge on any atom is -0.504 e. The first-order chi connectivity index (χ1) is 22.2. The molecule has 1 fully saturated rings. The number of phenolic OH excluding ortho intramolecular Hbond substituents is 2. The van der Waals surface area contributed by atoms with E-state index in [4.69, 9.17) is 22.9 Å². The summed E-state index contributed by atoms with van der Waals surface area (Å²) in [5, 5.41) is 35.3. The van der Waals surface area contributed by atoms with E-state index in [1.807, 2.05) is 0 Å². The fourth-order valence-corrected chi connectivity index (χ4v) is 5.87. The van der Waals surface area contributed by atoms with Crippen LogP contribution in [0.25, 0.3) is 0 Å². The van der Waals surface area contributed by atoms with Crippen LogP contribution in [-0.2, 0) is 36.9 Å². The van der Waals surface area contributed by atoms with Crippen molar-refractivity contribution in [1.82, 2.24) is 20.4 Å². The van der Waals surface area contributed by atoms with Gasteiger partial charge < -0.3 is 58.7 Å². The van der Waals surface area contributed by atoms with Crippen LogP contribution in [0.5, 0.6) is 11.5 Å². The average molecular weight is 662 g/mol. The van der Waals surface area contributed by atoms with Gasteiger partial charge in [-0.2, -0.15) is 0 Å². The monoisotopic (exact) mass is 661 g/mol. The van der Waals surface area contributed by atoms with Gasteiger partial charge in [-0.05, 0) is 75.3 Å². The molecule has 5 atom stereocenters. The van der Waals surface area contributed by atoms with Crippen molar-refractivity contribution in [3.8, 4) is 11.5 Å². The Bertz CT molecular complexity index is 1350. The van der Waals surface area contributed by atoms with Crippen molar-refractivity contribution in [3.05, 3.63) is 23.3 Å². The molecular weight excluding hydrogens is 614 g/mol. The summed E-state index contributed by atoms with van der Waals surface area (Å²) in [6.45, 7) is 2.18. The number of rotatable bonds is 15. The second kappa shape index (κ2) is 16.8. The van der Waals surface area contributed by atoms with Gasteiger partial charge in [-0.15, -0.1) is 0 Å². The summed E-state index contributed by atoms with van der Waals surface area (Å²) in [4.78, 5) is 72.2. The highest BCUT2D eigenvalue weighted by atomic mass is 16.4. The van der Waals surface area contributed by atoms with Crippen molar-refractivity contribution in [3.63, 3.8) is 0 Å². The van der Waals surface area contributed by atoms with Crippen molar-refractivity contribution >= 4 is 35.6 Å². The summed E-state index contributed by atoms with van der Waals surface area (Å²) in [5.41, 5.74) is 23.2. The van der Waals surface area contributed by atoms with Gasteiger partial charge in [-0.1, -0.05) is 6.42 Å². The number of phenols is 2. The molecule has 1 aromatic carbocycles. The van der Waals surface area contributed by atoms with E-state index in [0.717, 1.165) is 4.90 Å². The van der Waals surface area contributed by atoms with Gasteiger partial charge in [0, 0.05) is 26.1 Å². The van der Waals surface area contributed by atoms with Crippen LogP contribution >= 0.6 is 0 Å². The van der Waals surface area contributed by atoms with E-state index in [9.17, 15) is 39.3 Å². The lowest BCUT2D eigenvalue weighted by Gasteiger charge is -2.37. The molecule has 47 heavy (non-hydrogen) atoms. The maximum atomic E-state index is 14.0. The highest BCUT2D eigenvalue weighted by Gasteiger charge is 2.41. The number of carboxylic acid groups (broad SMARTS) is 1. The predicted octanol–water partition coefficient (Wildman–Crippen LogP) is -2.07. The number of amides is 4. The minimum atomic E-state index is -1.31. The van der Waals surface area contributed by atoms with E-state index >= 15 is 0 Å². The number of guanidine groups is 1. The molecule has 0 saturated carbocycles. The molecule has 260 valence electrons. The standard InChI is InChI=1S/C30H47N9O8/c1-16(36-25(42)19(32)6-2-3-9-31)27(44)38-11-5-8-21(38)26(43)37-20(7-4-10-35-30(33)34)28(45)39-15-18-14-24(41)23(40)13-17(18)12-22(39)29(46)47/h13-14,16,19-22,40-41H,2-12,15,31-32H2,1H3,(H,36,42)(H,37,43)(H,46,47)(H4,33,34,35)/t16-,19-,20-,21-,22+/m0/s1. The molecule has 2 aliphatic heterocycles. The van der Waals surface area contributed by atoms with Crippen LogP contribution in [-0.4, -0.2) is 111 Å². The Kier molecular flexibility index (Phi) is 13.1. The average Bonchev–Trinajstić information content (AvgIpc) is 3.52. The fraction of sp³-hybridized carbons (Fsp3) is 0.600. The number of aromatic hydroxyl groups is 2. The zero-order chi connectivity index (χ0) is 34.8. The molecule has 0 unspecified atom stereocenters. The van der Waals surface area contributed by atoms with Crippen LogP contribution in [0.4, 0.5) is 0 Å². The Hall–Kier alpha value is -4.64. The first-order valence-corrected chi connectivity index (χ1v) is 15.7. The van der Waals surface area contributed by atoms with E-state index in [1.54, 1.807) is 0 Å². The third kappa shape index (κ3) is 9.68. The maximum Gasteiger partial charge on any atom is 0.326 e. The van der Waals surface area contributed by atoms with Gasteiger partial charge in [-0.3, -0.25) is 24.2 Å². The largest absolute Gasteiger partial charge is 0.504 e. The van der Waals surface area contributed by atoms with E-state index in [2.05, 4.69) is 15.6 Å². The SMILES string of the molecule is C[C@H](NC(=O)[C@@H](N)CCCCN)C(=O)N1CCC[C@H]1C(=O)N[C@@H](CCCN=C(N)N)C(=O)N1Cc2cc(O)c(O)cc2C[C@@H]1C(=O)O. The molecule has 2 aliphatic rings. The molecule has 2 heterocycles. The molecule has 17 nitrogen and oxygen atoms in total. The molecule has 3 rings (SSSR count). The van der Waals surface area contributed by atoms with Crippen molar-refractivity contribution in [2.45, 2.75) is 95.0 Å². The quantitative estimate of drug-likeness (QED) is 0.0424. The molecule has 13 N–H and O–H groups in total. The number of carboxylic acids is 1. The Morgan fingerprint density at radius 1 is 0.957 bits per heavy atom. The summed E-state index contributed by atoms with van der Waals surface area (Å²) in [6, 6.07) is -2.70. The van der Waals surface area contributed by atoms with Crippen molar-refractivity contribution < 1.29 is 39.3 Å². The number of nitrogens with two attached hydrogens (primary N) is 4. The lowest BCUT2D eigenvalue weighted by molar-refractivity contribution is -0.153. The molecule has 4 amide bonds. The summed E-state index contributed by atoms with van der Waals surface area (Å²) in [5.74, 6) is -4.55. The lowest BCUT2D eigenvalue weighted by Crippen LogP contribution is -2.59. The number of benzene rings is 1. The third-order valence-corrected chi connectivity index (χ3v) is 8.43. The van der Waals surface area contributed by atoms with Crippen LogP contribution in [0.3, 0.4) is 0 Å². The highest BCUT2D eigenvalue weighted by molar-refractivity contribution is 5.96. The number of nitrogens with one attached hydrogen (secondary N) is 2. The molecule has 0 aliphatic carbocycles. The third-order valence-electron chi connectivity index (χ3n) is 8.43. The Balaban J connectivity index is 1.77. The van der Waals surface area contributed by atoms with Gasteiger partial charge in [0.15, 0.2) is 17.5 Å². The number of carbonyl (C=O) groups is 5. The van der Waals surface area contributed by atoms with Crippen LogP contribution in [0.1, 0.15) is 63.0 Å². The van der Waals surface area contributed by atoms with E-state index in [-0.39, 0.29) is 44.9 Å². The molecule has 0 bridgehead atoms. The lowest BCUT2D eigenvalue weighted by atomic mass is 9.92. The zero-order valence-electron chi connectivity index (χ0n) is 26.6. The first kappa shape index (κ1) is 36.8. The van der Waals surface area contributed by atoms with Crippen molar-refractivity contribution in [2.24, 2.45) is 27.9 Å². The molecule has 0 spiro atoms. The number of hydrogen-bond acceptors (Lipinski definition) is 10. The number of hydrogen-bond donors (Lipinski definition) is 9. The molecule has 17 heteroatoms. The van der Waals surface area contributed by atoms with Crippen LogP contribution < -0.4 is 33.6 Å². The first-order valence-electron chi connectivity index (χ1n) is 15.7. The summed E-state index contributed by atoms with van der Waals surface area (Å²) in [7, 11) is 0. The summed E-state index contributed by atoms with van der Waals surface area (Å²) in [6.07, 6.45) is 2.78. The van der Waals surface area contributed by atoms with Crippen molar-refractivity contribution in [1.29, 1.82) is 0 Å². The number of fused-ring (bicyclic) bond motifs is 1. The van der Waals surface area contributed by atoms with E-state index < -0.39 is 71.3 Å². The van der Waals surface area contributed by atoms with Gasteiger partial charge in [-0.25, -0.2) is 4.79 Å². The maximum absolute atomic E-state index is 14.0. The predicted molar refractivity (Wildman–Crippen MR) is 171 cm³/mol. The molecule has 1 saturated heterocycles. The molecular formula is C30H47N9O8. The normalized spacial score (nSPS) is 19.2. The second-order valence-electron chi connectivity index (χ2n) is 12.0. The second-order valence-corrected chi connectivity index (χ2v) is 12.0. The number of likely N-dealkylation sites (tertiary alicyclic amines) is 1. The Morgan fingerprint density at radius 2 is 1.64 bits per heavy atom. The number of aliphatic carboxylic acids is 1. The molecule has 0 aromatic heterocycles. The van der Waals surface area contributed by atoms with Crippen LogP contribution in [0.15, 0.2) is 17.1 Å². The minimum absolute atomic E-state index is 0.0487. The zero-order valence-corrected chi connectivity index (χ0v) is 26.6. The molecule has 1 aromatic rings. The number of nitrogens with zero attached hydrogens (tertiary/aromatic N) is 3. The van der Waals surface area contributed by atoms with Gasteiger partial charge in [0.05, 0.1) is 6.04 Å². The number of carbonyl (C=O) groups excluding carboxylic acids is 4. The number of unbranched alkanes of at least 4 members (excludes halogenated alkanes) is 1. The highest BCUT2D eigenvalue weighted by Crippen LogP contribution is 2.34. The van der Waals surface area contributed by atoms with Crippen LogP contribution in [0.2, 0.25) is 0 Å². The molecule has 0 radical (unpaired) electrons. The van der Waals surface area contributed by atoms with Crippen molar-refractivity contribution in [2.75, 3.05) is 19.6 Å². The Labute approximate surface area is 272 Å². The van der Waals surface area contributed by atoms with Crippen LogP contribution in [0, 0.1) is 0 Å². The van der Waals surface area contributed by atoms with E-state index in [1.165, 1.54) is 24.0 Å². The van der Waals surface area contributed by atoms with Gasteiger partial charge in [0.2, 0.25) is 23.6 Å². The topological polar surface area (TPSA) is 293 Å². The van der Waals surface area contributed by atoms with E-state index in [0.29, 0.717) is 49.8 Å². The smallest absolute Gasteiger partial charge is 0.326 e. The van der Waals surface area contributed by atoms with Gasteiger partial charge in [0.1, 0.15) is 24.2 Å². The summed E-state index contributed by atoms with van der Waals surface area (Å²) >= 11 is 0. The number of aliphatic imine (C=N–C) groups is 1.